The molecule has 2 heterocycles. The van der Waals surface area contributed by atoms with Gasteiger partial charge in [-0.1, -0.05) is 36.4 Å². The summed E-state index contributed by atoms with van der Waals surface area (Å²) in [5.74, 6) is -1.59. The van der Waals surface area contributed by atoms with E-state index in [1.807, 2.05) is 36.4 Å². The third-order valence-corrected chi connectivity index (χ3v) is 4.99. The summed E-state index contributed by atoms with van der Waals surface area (Å²) in [6.45, 7) is 0.848. The van der Waals surface area contributed by atoms with Crippen molar-refractivity contribution in [3.63, 3.8) is 0 Å². The van der Waals surface area contributed by atoms with E-state index in [9.17, 15) is 13.2 Å². The lowest BCUT2D eigenvalue weighted by atomic mass is 9.74. The lowest BCUT2D eigenvalue weighted by Gasteiger charge is -2.40. The number of benzene rings is 1. The van der Waals surface area contributed by atoms with Crippen molar-refractivity contribution < 1.29 is 22.6 Å². The molecule has 0 amide bonds. The molecule has 3 unspecified atom stereocenters. The van der Waals surface area contributed by atoms with Crippen LogP contribution in [0.25, 0.3) is 6.08 Å². The third-order valence-electron chi connectivity index (χ3n) is 4.99. The molecule has 2 aliphatic heterocycles. The van der Waals surface area contributed by atoms with Crippen molar-refractivity contribution >= 4 is 6.08 Å². The maximum absolute atomic E-state index is 13.4. The summed E-state index contributed by atoms with van der Waals surface area (Å²) in [6, 6.07) is 7.60. The number of fused-ring (bicyclic) bond motifs is 1. The molecule has 0 bridgehead atoms. The van der Waals surface area contributed by atoms with Crippen molar-refractivity contribution in [2.24, 2.45) is 5.92 Å². The van der Waals surface area contributed by atoms with Gasteiger partial charge in [0.25, 0.3) is 0 Å². The summed E-state index contributed by atoms with van der Waals surface area (Å²) >= 11 is 0. The number of ether oxygens (including phenoxy) is 2. The van der Waals surface area contributed by atoms with E-state index in [1.54, 1.807) is 0 Å². The van der Waals surface area contributed by atoms with E-state index in [2.05, 4.69) is 10.9 Å². The van der Waals surface area contributed by atoms with Crippen LogP contribution in [-0.4, -0.2) is 37.3 Å². The fourth-order valence-corrected chi connectivity index (χ4v) is 3.99. The minimum absolute atomic E-state index is 0.230. The summed E-state index contributed by atoms with van der Waals surface area (Å²) in [5.41, 5.74) is 7.11. The van der Waals surface area contributed by atoms with Gasteiger partial charge < -0.3 is 9.47 Å². The Kier molecular flexibility index (Phi) is 3.91. The second kappa shape index (κ2) is 5.84. The Balaban J connectivity index is 1.70. The molecule has 0 aromatic heterocycles. The van der Waals surface area contributed by atoms with Gasteiger partial charge in [0.05, 0.1) is 13.2 Å². The molecular weight excluding hydrogens is 321 g/mol. The van der Waals surface area contributed by atoms with Gasteiger partial charge in [-0.25, -0.2) is 10.9 Å². The molecule has 130 valence electrons. The molecule has 1 aromatic rings. The van der Waals surface area contributed by atoms with E-state index in [4.69, 9.17) is 9.47 Å². The quantitative estimate of drug-likeness (QED) is 0.825. The zero-order valence-electron chi connectivity index (χ0n) is 13.0. The number of hydrazine groups is 1. The molecule has 1 aliphatic carbocycles. The highest BCUT2D eigenvalue weighted by Gasteiger charge is 2.58. The second-order valence-electron chi connectivity index (χ2n) is 6.57. The van der Waals surface area contributed by atoms with Gasteiger partial charge in [-0.05, 0) is 11.1 Å². The highest BCUT2D eigenvalue weighted by Crippen LogP contribution is 2.47. The van der Waals surface area contributed by atoms with Gasteiger partial charge >= 0.3 is 6.18 Å². The molecule has 2 N–H and O–H groups in total. The van der Waals surface area contributed by atoms with Crippen molar-refractivity contribution in [1.82, 2.24) is 10.9 Å². The predicted molar refractivity (Wildman–Crippen MR) is 81.7 cm³/mol. The standard InChI is InChI=1S/C17H19F3N2O2/c18-17(19,20)15-13-10-16(23-6-7-24-16)9-12(14(13)21-22-15)8-11-4-2-1-3-5-11/h1-5,8,13-15,21-22H,6-7,9-10H2/b12-8+. The molecule has 3 fully saturated rings. The van der Waals surface area contributed by atoms with Crippen LogP contribution in [0, 0.1) is 5.92 Å². The van der Waals surface area contributed by atoms with E-state index in [1.165, 1.54) is 0 Å². The van der Waals surface area contributed by atoms with Gasteiger partial charge in [0.2, 0.25) is 0 Å². The molecule has 1 saturated carbocycles. The minimum Gasteiger partial charge on any atom is -0.347 e. The Morgan fingerprint density at radius 2 is 1.79 bits per heavy atom. The minimum atomic E-state index is -4.32. The van der Waals surface area contributed by atoms with Crippen LogP contribution in [0.15, 0.2) is 35.9 Å². The first kappa shape index (κ1) is 16.1. The molecule has 1 spiro atoms. The average molecular weight is 340 g/mol. The number of nitrogens with one attached hydrogen (secondary N) is 2. The van der Waals surface area contributed by atoms with Crippen molar-refractivity contribution in [1.29, 1.82) is 0 Å². The van der Waals surface area contributed by atoms with Gasteiger partial charge in [0.1, 0.15) is 6.04 Å². The van der Waals surface area contributed by atoms with Crippen LogP contribution in [0.2, 0.25) is 0 Å². The van der Waals surface area contributed by atoms with E-state index < -0.39 is 23.9 Å². The zero-order valence-corrected chi connectivity index (χ0v) is 13.0. The normalized spacial score (nSPS) is 34.0. The van der Waals surface area contributed by atoms with Crippen LogP contribution in [0.4, 0.5) is 13.2 Å². The van der Waals surface area contributed by atoms with Crippen molar-refractivity contribution in [2.45, 2.75) is 36.9 Å². The summed E-state index contributed by atoms with van der Waals surface area (Å²) in [6.07, 6.45) is -1.67. The Bertz CT molecular complexity index is 626. The number of halogens is 3. The zero-order chi connectivity index (χ0) is 16.8. The van der Waals surface area contributed by atoms with Crippen LogP contribution < -0.4 is 10.9 Å². The highest BCUT2D eigenvalue weighted by atomic mass is 19.4. The second-order valence-corrected chi connectivity index (χ2v) is 6.57. The number of alkyl halides is 3. The van der Waals surface area contributed by atoms with Crippen molar-refractivity contribution in [3.05, 3.63) is 41.5 Å². The van der Waals surface area contributed by atoms with E-state index in [0.29, 0.717) is 19.6 Å². The molecule has 4 nitrogen and oxygen atoms in total. The maximum Gasteiger partial charge on any atom is 0.405 e. The topological polar surface area (TPSA) is 42.5 Å². The summed E-state index contributed by atoms with van der Waals surface area (Å²) in [5, 5.41) is 0. The summed E-state index contributed by atoms with van der Waals surface area (Å²) < 4.78 is 51.5. The molecule has 0 radical (unpaired) electrons. The molecule has 3 aliphatic rings. The molecule has 2 saturated heterocycles. The lowest BCUT2D eigenvalue weighted by Crippen LogP contribution is -2.49. The largest absolute Gasteiger partial charge is 0.405 e. The van der Waals surface area contributed by atoms with Crippen LogP contribution in [0.5, 0.6) is 0 Å². The first-order valence-electron chi connectivity index (χ1n) is 8.08. The fraction of sp³-hybridized carbons (Fsp3) is 0.529. The molecule has 4 rings (SSSR count). The monoisotopic (exact) mass is 340 g/mol. The van der Waals surface area contributed by atoms with E-state index in [-0.39, 0.29) is 12.5 Å². The highest BCUT2D eigenvalue weighted by molar-refractivity contribution is 5.55. The Hall–Kier alpha value is -1.41. The number of hydrogen-bond donors (Lipinski definition) is 2. The lowest BCUT2D eigenvalue weighted by molar-refractivity contribution is -0.199. The number of hydrogen-bond acceptors (Lipinski definition) is 4. The van der Waals surface area contributed by atoms with Crippen molar-refractivity contribution in [3.8, 4) is 0 Å². The van der Waals surface area contributed by atoms with Crippen LogP contribution in [-0.2, 0) is 9.47 Å². The van der Waals surface area contributed by atoms with E-state index >= 15 is 0 Å². The first-order valence-corrected chi connectivity index (χ1v) is 8.08. The summed E-state index contributed by atoms with van der Waals surface area (Å²) in [7, 11) is 0. The molecule has 24 heavy (non-hydrogen) atoms. The Labute approximate surface area is 138 Å². The van der Waals surface area contributed by atoms with Crippen molar-refractivity contribution in [2.75, 3.05) is 13.2 Å². The molecule has 7 heteroatoms. The van der Waals surface area contributed by atoms with Crippen LogP contribution in [0.3, 0.4) is 0 Å². The Morgan fingerprint density at radius 3 is 2.46 bits per heavy atom. The van der Waals surface area contributed by atoms with Gasteiger partial charge in [-0.3, -0.25) is 0 Å². The van der Waals surface area contributed by atoms with Gasteiger partial charge in [-0.15, -0.1) is 0 Å². The first-order chi connectivity index (χ1) is 11.5. The Morgan fingerprint density at radius 1 is 1.08 bits per heavy atom. The smallest absolute Gasteiger partial charge is 0.347 e. The summed E-state index contributed by atoms with van der Waals surface area (Å²) in [4.78, 5) is 0. The predicted octanol–water partition coefficient (Wildman–Crippen LogP) is 2.63. The van der Waals surface area contributed by atoms with E-state index in [0.717, 1.165) is 11.1 Å². The number of rotatable bonds is 1. The van der Waals surface area contributed by atoms with Gasteiger partial charge in [0.15, 0.2) is 5.79 Å². The average Bonchev–Trinajstić information content (AvgIpc) is 3.15. The maximum atomic E-state index is 13.4. The van der Waals surface area contributed by atoms with Crippen LogP contribution >= 0.6 is 0 Å². The van der Waals surface area contributed by atoms with Crippen LogP contribution in [0.1, 0.15) is 18.4 Å². The third kappa shape index (κ3) is 2.86. The fourth-order valence-electron chi connectivity index (χ4n) is 3.99. The van der Waals surface area contributed by atoms with Gasteiger partial charge in [0, 0.05) is 24.8 Å². The molecule has 3 atom stereocenters. The molecular formula is C17H19F3N2O2. The SMILES string of the molecule is FC(F)(F)C1NNC2/C(=C/c3ccccc3)CC3(CC21)OCCO3. The molecule has 1 aromatic carbocycles. The van der Waals surface area contributed by atoms with Gasteiger partial charge in [-0.2, -0.15) is 13.2 Å².